The summed E-state index contributed by atoms with van der Waals surface area (Å²) in [6.07, 6.45) is -4.18. The van der Waals surface area contributed by atoms with Crippen LogP contribution in [0.15, 0.2) is 0 Å². The summed E-state index contributed by atoms with van der Waals surface area (Å²) in [6, 6.07) is 0. The van der Waals surface area contributed by atoms with E-state index in [0.717, 1.165) is 0 Å². The maximum Gasteiger partial charge on any atom is 0.137 e. The van der Waals surface area contributed by atoms with E-state index in [1.165, 1.54) is 0 Å². The molecule has 1 N–H and O–H groups in total. The highest BCUT2D eigenvalue weighted by Gasteiger charge is 2.49. The molecule has 0 amide bonds. The Kier molecular flexibility index (Phi) is 2.73. The molecule has 2 saturated carbocycles. The van der Waals surface area contributed by atoms with Crippen LogP contribution in [-0.2, 0) is 0 Å². The lowest BCUT2D eigenvalue weighted by molar-refractivity contribution is -0.0873. The molecule has 0 bridgehead atoms. The summed E-state index contributed by atoms with van der Waals surface area (Å²) in [5, 5.41) is 9.26. The molecule has 14 heavy (non-hydrogen) atoms. The largest absolute Gasteiger partial charge is 0.390 e. The number of hydrogen-bond acceptors (Lipinski definition) is 1. The van der Waals surface area contributed by atoms with Crippen molar-refractivity contribution in [1.29, 1.82) is 0 Å². The second-order valence-electron chi connectivity index (χ2n) is 4.46. The van der Waals surface area contributed by atoms with Crippen LogP contribution in [0.25, 0.3) is 0 Å². The maximum atomic E-state index is 13.5. The molecule has 0 radical (unpaired) electrons. The van der Waals surface area contributed by atoms with E-state index in [0.29, 0.717) is 19.3 Å². The van der Waals surface area contributed by atoms with Crippen LogP contribution in [0, 0.1) is 11.8 Å². The first-order valence-corrected chi connectivity index (χ1v) is 5.21. The van der Waals surface area contributed by atoms with Gasteiger partial charge >= 0.3 is 0 Å². The van der Waals surface area contributed by atoms with Gasteiger partial charge in [-0.05, 0) is 31.6 Å². The predicted molar refractivity (Wildman–Crippen MR) is 46.1 cm³/mol. The van der Waals surface area contributed by atoms with Gasteiger partial charge in [0.25, 0.3) is 0 Å². The third-order valence-electron chi connectivity index (χ3n) is 3.64. The van der Waals surface area contributed by atoms with Gasteiger partial charge in [-0.1, -0.05) is 0 Å². The normalized spacial score (nSPS) is 54.0. The summed E-state index contributed by atoms with van der Waals surface area (Å²) in [6.45, 7) is 0. The first-order chi connectivity index (χ1) is 6.61. The number of hydrogen-bond donors (Lipinski definition) is 1. The van der Waals surface area contributed by atoms with E-state index < -0.39 is 30.5 Å². The van der Waals surface area contributed by atoms with Crippen LogP contribution in [0.5, 0.6) is 0 Å². The highest BCUT2D eigenvalue weighted by atomic mass is 19.2. The fourth-order valence-electron chi connectivity index (χ4n) is 2.80. The van der Waals surface area contributed by atoms with Gasteiger partial charge in [-0.2, -0.15) is 0 Å². The Morgan fingerprint density at radius 3 is 2.21 bits per heavy atom. The molecule has 4 heteroatoms. The van der Waals surface area contributed by atoms with Crippen LogP contribution in [0.1, 0.15) is 25.7 Å². The van der Waals surface area contributed by atoms with Gasteiger partial charge in [0.2, 0.25) is 0 Å². The average molecular weight is 208 g/mol. The molecule has 82 valence electrons. The lowest BCUT2D eigenvalue weighted by Gasteiger charge is -2.43. The average Bonchev–Trinajstić information content (AvgIpc) is 2.17. The molecular weight excluding hydrogens is 193 g/mol. The molecule has 2 rings (SSSR count). The topological polar surface area (TPSA) is 20.2 Å². The minimum absolute atomic E-state index is 0.0737. The molecule has 0 aliphatic heterocycles. The van der Waals surface area contributed by atoms with E-state index >= 15 is 0 Å². The summed E-state index contributed by atoms with van der Waals surface area (Å²) in [4.78, 5) is 0. The molecule has 2 aliphatic rings. The molecule has 0 saturated heterocycles. The highest BCUT2D eigenvalue weighted by Crippen LogP contribution is 2.44. The smallest absolute Gasteiger partial charge is 0.137 e. The molecule has 2 fully saturated rings. The molecule has 6 atom stereocenters. The summed E-state index contributed by atoms with van der Waals surface area (Å²) in [5.41, 5.74) is 0. The van der Waals surface area contributed by atoms with Gasteiger partial charge in [0.05, 0.1) is 6.10 Å². The molecule has 0 aromatic heterocycles. The van der Waals surface area contributed by atoms with E-state index in [9.17, 15) is 18.3 Å². The Morgan fingerprint density at radius 2 is 1.50 bits per heavy atom. The van der Waals surface area contributed by atoms with Crippen molar-refractivity contribution < 1.29 is 18.3 Å². The zero-order valence-electron chi connectivity index (χ0n) is 7.87. The minimum Gasteiger partial charge on any atom is -0.390 e. The second-order valence-corrected chi connectivity index (χ2v) is 4.46. The second kappa shape index (κ2) is 3.72. The molecule has 0 heterocycles. The number of fused-ring (bicyclic) bond motifs is 1. The van der Waals surface area contributed by atoms with Crippen molar-refractivity contribution in [3.05, 3.63) is 0 Å². The van der Waals surface area contributed by atoms with Crippen LogP contribution in [0.4, 0.5) is 13.2 Å². The molecule has 0 aromatic rings. The summed E-state index contributed by atoms with van der Waals surface area (Å²) in [7, 11) is 0. The zero-order chi connectivity index (χ0) is 10.3. The molecule has 1 nitrogen and oxygen atoms in total. The van der Waals surface area contributed by atoms with Crippen molar-refractivity contribution in [1.82, 2.24) is 0 Å². The van der Waals surface area contributed by atoms with Crippen LogP contribution in [0.3, 0.4) is 0 Å². The Labute approximate surface area is 81.3 Å². The van der Waals surface area contributed by atoms with Gasteiger partial charge in [-0.3, -0.25) is 0 Å². The van der Waals surface area contributed by atoms with E-state index in [1.54, 1.807) is 0 Å². The molecule has 2 aliphatic carbocycles. The van der Waals surface area contributed by atoms with Crippen molar-refractivity contribution in [2.24, 2.45) is 11.8 Å². The monoisotopic (exact) mass is 208 g/mol. The van der Waals surface area contributed by atoms with Crippen molar-refractivity contribution >= 4 is 0 Å². The van der Waals surface area contributed by atoms with Crippen LogP contribution >= 0.6 is 0 Å². The highest BCUT2D eigenvalue weighted by molar-refractivity contribution is 4.97. The van der Waals surface area contributed by atoms with Crippen molar-refractivity contribution in [2.75, 3.05) is 0 Å². The molecular formula is C10H15F3O. The Morgan fingerprint density at radius 1 is 0.857 bits per heavy atom. The van der Waals surface area contributed by atoms with Gasteiger partial charge in [0.1, 0.15) is 18.5 Å². The van der Waals surface area contributed by atoms with Crippen molar-refractivity contribution in [2.45, 2.75) is 50.3 Å². The van der Waals surface area contributed by atoms with E-state index in [4.69, 9.17) is 0 Å². The van der Waals surface area contributed by atoms with Gasteiger partial charge in [0.15, 0.2) is 0 Å². The van der Waals surface area contributed by atoms with Gasteiger partial charge in [0, 0.05) is 5.92 Å². The third kappa shape index (κ3) is 1.53. The number of aliphatic hydroxyl groups is 1. The SMILES string of the molecule is OC1CCC2CCC(F)C(F)C2C1F. The first kappa shape index (κ1) is 10.3. The number of aliphatic hydroxyl groups excluding tert-OH is 1. The molecule has 0 spiro atoms. The lowest BCUT2D eigenvalue weighted by atomic mass is 9.67. The van der Waals surface area contributed by atoms with Crippen molar-refractivity contribution in [3.8, 4) is 0 Å². The van der Waals surface area contributed by atoms with E-state index in [1.807, 2.05) is 0 Å². The van der Waals surface area contributed by atoms with Gasteiger partial charge < -0.3 is 5.11 Å². The predicted octanol–water partition coefficient (Wildman–Crippen LogP) is 2.18. The Balaban J connectivity index is 2.13. The summed E-state index contributed by atoms with van der Waals surface area (Å²) in [5.74, 6) is -0.988. The van der Waals surface area contributed by atoms with E-state index in [2.05, 4.69) is 0 Å². The Bertz CT molecular complexity index is 189. The number of halogens is 3. The number of alkyl halides is 3. The molecule has 6 unspecified atom stereocenters. The van der Waals surface area contributed by atoms with Crippen LogP contribution in [0.2, 0.25) is 0 Å². The van der Waals surface area contributed by atoms with Gasteiger partial charge in [-0.15, -0.1) is 0 Å². The van der Waals surface area contributed by atoms with Crippen LogP contribution in [-0.4, -0.2) is 29.7 Å². The zero-order valence-corrected chi connectivity index (χ0v) is 7.87. The fourth-order valence-corrected chi connectivity index (χ4v) is 2.80. The molecule has 0 aromatic carbocycles. The first-order valence-electron chi connectivity index (χ1n) is 5.21. The number of rotatable bonds is 0. The maximum absolute atomic E-state index is 13.5. The standard InChI is InChI=1S/C10H15F3O/c11-6-3-1-5-2-4-7(14)10(13)8(5)9(6)12/h5-10,14H,1-4H2. The Hall–Kier alpha value is -0.250. The summed E-state index contributed by atoms with van der Waals surface area (Å²) < 4.78 is 39.9. The minimum atomic E-state index is -1.72. The summed E-state index contributed by atoms with van der Waals surface area (Å²) >= 11 is 0. The van der Waals surface area contributed by atoms with Crippen LogP contribution < -0.4 is 0 Å². The van der Waals surface area contributed by atoms with E-state index in [-0.39, 0.29) is 12.3 Å². The quantitative estimate of drug-likeness (QED) is 0.647. The lowest BCUT2D eigenvalue weighted by Crippen LogP contribution is -2.49. The fraction of sp³-hybridized carbons (Fsp3) is 1.00. The van der Waals surface area contributed by atoms with Crippen molar-refractivity contribution in [3.63, 3.8) is 0 Å². The van der Waals surface area contributed by atoms with Gasteiger partial charge in [-0.25, -0.2) is 13.2 Å². The third-order valence-corrected chi connectivity index (χ3v) is 3.64.